The van der Waals surface area contributed by atoms with Crippen molar-refractivity contribution in [3.8, 4) is 22.3 Å². The van der Waals surface area contributed by atoms with Crippen LogP contribution in [-0.2, 0) is 10.8 Å². The third-order valence-corrected chi connectivity index (χ3v) is 13.8. The Kier molecular flexibility index (Phi) is 7.58. The predicted molar refractivity (Wildman–Crippen MR) is 267 cm³/mol. The lowest BCUT2D eigenvalue weighted by Crippen LogP contribution is -2.61. The summed E-state index contributed by atoms with van der Waals surface area (Å²) in [5, 5.41) is 5.40. The summed E-state index contributed by atoms with van der Waals surface area (Å²) in [5.74, 6) is 0.780. The number of rotatable bonds is 3. The van der Waals surface area contributed by atoms with Crippen molar-refractivity contribution in [3.05, 3.63) is 175 Å². The summed E-state index contributed by atoms with van der Waals surface area (Å²) < 4.78 is 21.2. The first kappa shape index (κ1) is 37.1. The van der Waals surface area contributed by atoms with E-state index in [9.17, 15) is 0 Å². The maximum absolute atomic E-state index is 7.31. The van der Waals surface area contributed by atoms with Crippen LogP contribution < -0.4 is 20.6 Å². The quantitative estimate of drug-likeness (QED) is 0.166. The second-order valence-corrected chi connectivity index (χ2v) is 19.7. The second-order valence-electron chi connectivity index (χ2n) is 19.7. The third kappa shape index (κ3) is 5.26. The summed E-state index contributed by atoms with van der Waals surface area (Å²) in [6.45, 7) is 13.4. The predicted octanol–water partition coefficient (Wildman–Crippen LogP) is 15.2. The molecule has 0 saturated heterocycles. The number of nitrogens with zero attached hydrogens (tertiary/aromatic N) is 2. The van der Waals surface area contributed by atoms with E-state index in [0.29, 0.717) is 0 Å². The number of anilines is 5. The lowest BCUT2D eigenvalue weighted by Gasteiger charge is -2.44. The van der Waals surface area contributed by atoms with Gasteiger partial charge in [0, 0.05) is 61.0 Å². The van der Waals surface area contributed by atoms with E-state index in [1.165, 1.54) is 16.6 Å². The summed E-state index contributed by atoms with van der Waals surface area (Å²) in [4.78, 5) is 4.93. The number of hydrogen-bond acceptors (Lipinski definition) is 5. The first-order valence-electron chi connectivity index (χ1n) is 22.4. The molecule has 5 heterocycles. The molecule has 64 heavy (non-hydrogen) atoms. The number of hydrogen-bond donors (Lipinski definition) is 0. The van der Waals surface area contributed by atoms with E-state index in [1.807, 2.05) is 6.07 Å². The van der Waals surface area contributed by atoms with Gasteiger partial charge in [-0.25, -0.2) is 0 Å². The topological polar surface area (TPSA) is 45.9 Å². The van der Waals surface area contributed by atoms with Crippen molar-refractivity contribution in [1.29, 1.82) is 0 Å². The Balaban J connectivity index is 1.23. The van der Waals surface area contributed by atoms with Gasteiger partial charge in [-0.05, 0) is 93.1 Å². The molecule has 0 amide bonds. The zero-order chi connectivity index (χ0) is 43.2. The van der Waals surface area contributed by atoms with Gasteiger partial charge in [0.1, 0.15) is 22.3 Å². The number of fused-ring (bicyclic) bond motifs is 13. The zero-order valence-corrected chi connectivity index (χ0v) is 36.8. The Morgan fingerprint density at radius 1 is 0.422 bits per heavy atom. The largest absolute Gasteiger partial charge is 0.456 e. The smallest absolute Gasteiger partial charge is 0.337 e. The lowest BCUT2D eigenvalue weighted by atomic mass is 9.43. The highest BCUT2D eigenvalue weighted by atomic mass is 16.4. The molecule has 2 aliphatic rings. The normalized spacial score (nSPS) is 13.7. The molecular weight excluding hydrogens is 783 g/mol. The second kappa shape index (κ2) is 13.1. The van der Waals surface area contributed by atoms with Gasteiger partial charge in [-0.1, -0.05) is 145 Å². The Hall–Kier alpha value is -7.44. The Morgan fingerprint density at radius 3 is 1.72 bits per heavy atom. The number of benzene rings is 8. The fourth-order valence-corrected chi connectivity index (χ4v) is 10.6. The molecule has 0 N–H and O–H groups in total. The van der Waals surface area contributed by atoms with Gasteiger partial charge in [0.2, 0.25) is 5.88 Å². The highest BCUT2D eigenvalue weighted by Crippen LogP contribution is 2.54. The molecule has 0 unspecified atom stereocenters. The minimum Gasteiger partial charge on any atom is -0.456 e. The first-order chi connectivity index (χ1) is 31.0. The van der Waals surface area contributed by atoms with Crippen molar-refractivity contribution in [3.63, 3.8) is 0 Å². The van der Waals surface area contributed by atoms with Crippen LogP contribution >= 0.6 is 0 Å². The highest BCUT2D eigenvalue weighted by molar-refractivity contribution is 6.95. The number of para-hydroxylation sites is 3. The van der Waals surface area contributed by atoms with Gasteiger partial charge in [0.25, 0.3) is 0 Å². The van der Waals surface area contributed by atoms with Gasteiger partial charge in [-0.15, -0.1) is 0 Å². The maximum Gasteiger partial charge on any atom is 0.337 e. The van der Waals surface area contributed by atoms with Gasteiger partial charge in [-0.3, -0.25) is 4.90 Å². The molecule has 8 aromatic carbocycles. The van der Waals surface area contributed by atoms with E-state index in [2.05, 4.69) is 209 Å². The van der Waals surface area contributed by atoms with Crippen LogP contribution in [0.1, 0.15) is 52.7 Å². The van der Waals surface area contributed by atoms with Crippen LogP contribution in [0, 0.1) is 0 Å². The fraction of sp³-hybridized carbons (Fsp3) is 0.138. The molecule has 0 radical (unpaired) electrons. The molecule has 11 aromatic rings. The van der Waals surface area contributed by atoms with Crippen LogP contribution in [0.2, 0.25) is 0 Å². The maximum atomic E-state index is 7.31. The molecule has 0 spiro atoms. The van der Waals surface area contributed by atoms with E-state index >= 15 is 0 Å². The van der Waals surface area contributed by atoms with Crippen molar-refractivity contribution in [2.75, 3.05) is 9.71 Å². The van der Waals surface area contributed by atoms with Gasteiger partial charge in [0.05, 0.1) is 11.4 Å². The van der Waals surface area contributed by atoms with Crippen LogP contribution in [0.3, 0.4) is 0 Å². The molecule has 3 aromatic heterocycles. The summed E-state index contributed by atoms with van der Waals surface area (Å²) >= 11 is 0. The summed E-state index contributed by atoms with van der Waals surface area (Å²) in [6.07, 6.45) is 0. The molecule has 308 valence electrons. The van der Waals surface area contributed by atoms with Gasteiger partial charge in [0.15, 0.2) is 5.58 Å². The third-order valence-electron chi connectivity index (χ3n) is 13.8. The molecule has 0 fully saturated rings. The lowest BCUT2D eigenvalue weighted by molar-refractivity contribution is 0.590. The highest BCUT2D eigenvalue weighted by Gasteiger charge is 2.50. The van der Waals surface area contributed by atoms with Crippen molar-refractivity contribution < 1.29 is 13.3 Å². The summed E-state index contributed by atoms with van der Waals surface area (Å²) in [5.41, 5.74) is 17.7. The molecule has 0 bridgehead atoms. The van der Waals surface area contributed by atoms with Crippen LogP contribution in [0.15, 0.2) is 177 Å². The summed E-state index contributed by atoms with van der Waals surface area (Å²) in [6, 6.07) is 59.3. The minimum absolute atomic E-state index is 0.0102. The Bertz CT molecular complexity index is 3710. The Morgan fingerprint density at radius 2 is 1.02 bits per heavy atom. The van der Waals surface area contributed by atoms with E-state index in [1.54, 1.807) is 0 Å². The molecule has 0 aliphatic carbocycles. The van der Waals surface area contributed by atoms with Gasteiger partial charge < -0.3 is 18.1 Å². The van der Waals surface area contributed by atoms with E-state index in [-0.39, 0.29) is 17.7 Å². The summed E-state index contributed by atoms with van der Waals surface area (Å²) in [7, 11) is 0. The van der Waals surface area contributed by atoms with Gasteiger partial charge in [-0.2, -0.15) is 0 Å². The van der Waals surface area contributed by atoms with Gasteiger partial charge >= 0.3 is 6.85 Å². The minimum atomic E-state index is -0.304. The van der Waals surface area contributed by atoms with Crippen LogP contribution in [0.4, 0.5) is 28.6 Å². The first-order valence-corrected chi connectivity index (χ1v) is 22.4. The molecular formula is C58H45BN2O3. The zero-order valence-electron chi connectivity index (χ0n) is 36.8. The molecule has 5 nitrogen and oxygen atoms in total. The van der Waals surface area contributed by atoms with E-state index < -0.39 is 0 Å². The molecule has 0 saturated carbocycles. The Labute approximate surface area is 372 Å². The van der Waals surface area contributed by atoms with Crippen LogP contribution in [0.5, 0.6) is 0 Å². The van der Waals surface area contributed by atoms with Crippen molar-refractivity contribution >= 4 is 101 Å². The SMILES string of the molecule is CC(C)(C)c1ccc(N2B3c4c(cc5c(oc6ccccc65)c4N(c4ccc(C(C)(C)C)cc4-c4ccccc4)c4oc5ccccc5c43)-c3cc4c(cc32)oc2ccccc24)cc1. The van der Waals surface area contributed by atoms with E-state index in [0.717, 1.165) is 111 Å². The van der Waals surface area contributed by atoms with Crippen molar-refractivity contribution in [2.45, 2.75) is 52.4 Å². The molecule has 0 atom stereocenters. The molecule has 2 aliphatic heterocycles. The molecule has 6 heteroatoms. The number of furan rings is 3. The van der Waals surface area contributed by atoms with E-state index in [4.69, 9.17) is 13.3 Å². The average molecular weight is 829 g/mol. The standard InChI is InChI=1S/C58H45BN2O3/c1-57(2,3)35-24-27-37(28-25-35)61-47-33-51-43(38-18-10-13-21-48(38)62-51)31-42(47)44-32-45-39-19-11-14-22-49(39)63-55(45)54-52(44)59(61)53-40-20-12-15-23-50(40)64-56(53)60(54)46-29-26-36(58(4,5)6)30-41(46)34-16-8-7-9-17-34/h7-33H,1-6H3. The van der Waals surface area contributed by atoms with Crippen molar-refractivity contribution in [1.82, 2.24) is 0 Å². The van der Waals surface area contributed by atoms with Crippen LogP contribution in [-0.4, -0.2) is 6.85 Å². The molecule has 13 rings (SSSR count). The van der Waals surface area contributed by atoms with Crippen LogP contribution in [0.25, 0.3) is 77.1 Å². The monoisotopic (exact) mass is 828 g/mol. The average Bonchev–Trinajstić information content (AvgIpc) is 3.99. The fourth-order valence-electron chi connectivity index (χ4n) is 10.6. The van der Waals surface area contributed by atoms with Crippen molar-refractivity contribution in [2.24, 2.45) is 0 Å².